The number of aromatic nitrogens is 2. The SMILES string of the molecule is Cc1cccc2c1nc(COc1ccc(Cl)cc1)n2CCC(C)C(=O)N1CCC(Cc2ccccc2)CC1. The molecule has 4 aromatic rings. The first-order valence-electron chi connectivity index (χ1n) is 13.6. The molecule has 1 amide bonds. The number of halogens is 1. The molecule has 5 nitrogen and oxygen atoms in total. The van der Waals surface area contributed by atoms with Crippen molar-refractivity contribution < 1.29 is 9.53 Å². The van der Waals surface area contributed by atoms with Gasteiger partial charge >= 0.3 is 0 Å². The van der Waals surface area contributed by atoms with Crippen LogP contribution in [-0.2, 0) is 24.4 Å². The first-order valence-corrected chi connectivity index (χ1v) is 14.0. The van der Waals surface area contributed by atoms with Crippen LogP contribution in [0.3, 0.4) is 0 Å². The van der Waals surface area contributed by atoms with Crippen molar-refractivity contribution in [2.24, 2.45) is 11.8 Å². The molecule has 1 aromatic heterocycles. The number of likely N-dealkylation sites (tertiary alicyclic amines) is 1. The fourth-order valence-electron chi connectivity index (χ4n) is 5.44. The van der Waals surface area contributed by atoms with E-state index in [9.17, 15) is 4.79 Å². The lowest BCUT2D eigenvalue weighted by molar-refractivity contribution is -0.136. The first kappa shape index (κ1) is 26.3. The Morgan fingerprint density at radius 3 is 2.50 bits per heavy atom. The number of imidazole rings is 1. The minimum Gasteiger partial charge on any atom is -0.486 e. The van der Waals surface area contributed by atoms with Crippen LogP contribution in [0.5, 0.6) is 5.75 Å². The summed E-state index contributed by atoms with van der Waals surface area (Å²) in [5, 5.41) is 0.680. The zero-order valence-electron chi connectivity index (χ0n) is 22.3. The maximum Gasteiger partial charge on any atom is 0.225 e. The van der Waals surface area contributed by atoms with Crippen molar-refractivity contribution in [2.75, 3.05) is 13.1 Å². The average Bonchev–Trinajstić information content (AvgIpc) is 3.30. The van der Waals surface area contributed by atoms with Crippen LogP contribution in [0.4, 0.5) is 0 Å². The normalized spacial score (nSPS) is 15.1. The molecule has 1 atom stereocenters. The number of amides is 1. The molecular formula is C32H36ClN3O2. The van der Waals surface area contributed by atoms with E-state index in [0.717, 1.165) is 73.5 Å². The summed E-state index contributed by atoms with van der Waals surface area (Å²) in [5.41, 5.74) is 4.60. The number of fused-ring (bicyclic) bond motifs is 1. The molecule has 38 heavy (non-hydrogen) atoms. The van der Waals surface area contributed by atoms with Gasteiger partial charge in [-0.2, -0.15) is 0 Å². The summed E-state index contributed by atoms with van der Waals surface area (Å²) in [6.45, 7) is 6.93. The van der Waals surface area contributed by atoms with Crippen molar-refractivity contribution in [2.45, 2.75) is 52.7 Å². The molecule has 6 heteroatoms. The molecular weight excluding hydrogens is 494 g/mol. The molecule has 198 valence electrons. The summed E-state index contributed by atoms with van der Waals surface area (Å²) >= 11 is 6.01. The van der Waals surface area contributed by atoms with Gasteiger partial charge in [-0.25, -0.2) is 4.98 Å². The third-order valence-corrected chi connectivity index (χ3v) is 7.99. The van der Waals surface area contributed by atoms with Gasteiger partial charge in [0.05, 0.1) is 11.0 Å². The Balaban J connectivity index is 1.21. The van der Waals surface area contributed by atoms with Crippen molar-refractivity contribution in [1.82, 2.24) is 14.5 Å². The standard InChI is InChI=1S/C32H36ClN3O2/c1-23-7-6-10-29-31(23)34-30(22-38-28-13-11-27(33)12-14-28)36(29)20-15-24(2)32(37)35-18-16-26(17-19-35)21-25-8-4-3-5-9-25/h3-14,24,26H,15-22H2,1-2H3. The Labute approximate surface area is 230 Å². The predicted octanol–water partition coefficient (Wildman–Crippen LogP) is 7.08. The molecule has 1 unspecified atom stereocenters. The number of nitrogens with zero attached hydrogens (tertiary/aromatic N) is 3. The van der Waals surface area contributed by atoms with Gasteiger partial charge in [-0.15, -0.1) is 0 Å². The first-order chi connectivity index (χ1) is 18.5. The number of hydrogen-bond donors (Lipinski definition) is 0. The highest BCUT2D eigenvalue weighted by atomic mass is 35.5. The van der Waals surface area contributed by atoms with E-state index < -0.39 is 0 Å². The zero-order valence-corrected chi connectivity index (χ0v) is 23.0. The van der Waals surface area contributed by atoms with Crippen molar-refractivity contribution in [3.05, 3.63) is 94.8 Å². The second kappa shape index (κ2) is 12.0. The highest BCUT2D eigenvalue weighted by Crippen LogP contribution is 2.26. The molecule has 5 rings (SSSR count). The second-order valence-corrected chi connectivity index (χ2v) is 10.9. The van der Waals surface area contributed by atoms with Crippen molar-refractivity contribution in [3.63, 3.8) is 0 Å². The Bertz CT molecular complexity index is 1360. The van der Waals surface area contributed by atoms with E-state index in [0.29, 0.717) is 17.5 Å². The van der Waals surface area contributed by atoms with Gasteiger partial charge in [0.15, 0.2) is 0 Å². The molecule has 2 heterocycles. The Morgan fingerprint density at radius 1 is 1.03 bits per heavy atom. The van der Waals surface area contributed by atoms with Crippen LogP contribution in [0.2, 0.25) is 5.02 Å². The number of aryl methyl sites for hydroxylation is 2. The number of piperidine rings is 1. The molecule has 0 bridgehead atoms. The molecule has 3 aromatic carbocycles. The lowest BCUT2D eigenvalue weighted by Crippen LogP contribution is -2.41. The minimum atomic E-state index is -0.0482. The molecule has 0 saturated carbocycles. The van der Waals surface area contributed by atoms with Crippen molar-refractivity contribution in [3.8, 4) is 5.75 Å². The van der Waals surface area contributed by atoms with Crippen LogP contribution in [0, 0.1) is 18.8 Å². The van der Waals surface area contributed by atoms with Crippen LogP contribution < -0.4 is 4.74 Å². The fourth-order valence-corrected chi connectivity index (χ4v) is 5.56. The number of carbonyl (C=O) groups is 1. The van der Waals surface area contributed by atoms with E-state index in [2.05, 4.69) is 71.8 Å². The molecule has 0 N–H and O–H groups in total. The molecule has 0 aliphatic carbocycles. The molecule has 1 aliphatic heterocycles. The van der Waals surface area contributed by atoms with Gasteiger partial charge in [0.1, 0.15) is 18.2 Å². The molecule has 1 fully saturated rings. The smallest absolute Gasteiger partial charge is 0.225 e. The summed E-state index contributed by atoms with van der Waals surface area (Å²) in [5.74, 6) is 2.49. The van der Waals surface area contributed by atoms with Gasteiger partial charge < -0.3 is 14.2 Å². The van der Waals surface area contributed by atoms with Gasteiger partial charge in [-0.1, -0.05) is 61.0 Å². The van der Waals surface area contributed by atoms with Crippen LogP contribution >= 0.6 is 11.6 Å². The highest BCUT2D eigenvalue weighted by Gasteiger charge is 2.26. The van der Waals surface area contributed by atoms with Crippen LogP contribution in [-0.4, -0.2) is 33.4 Å². The van der Waals surface area contributed by atoms with Gasteiger partial charge in [-0.3, -0.25) is 4.79 Å². The van der Waals surface area contributed by atoms with Gasteiger partial charge in [0.25, 0.3) is 0 Å². The maximum atomic E-state index is 13.3. The number of carbonyl (C=O) groups excluding carboxylic acids is 1. The van der Waals surface area contributed by atoms with E-state index >= 15 is 0 Å². The zero-order chi connectivity index (χ0) is 26.5. The summed E-state index contributed by atoms with van der Waals surface area (Å²) in [4.78, 5) is 20.3. The fraction of sp³-hybridized carbons (Fsp3) is 0.375. The summed E-state index contributed by atoms with van der Waals surface area (Å²) in [6, 6.07) is 24.3. The summed E-state index contributed by atoms with van der Waals surface area (Å²) < 4.78 is 8.26. The van der Waals surface area contributed by atoms with Crippen LogP contribution in [0.1, 0.15) is 43.1 Å². The third kappa shape index (κ3) is 6.21. The molecule has 0 spiro atoms. The number of benzene rings is 3. The monoisotopic (exact) mass is 529 g/mol. The number of ether oxygens (including phenoxy) is 1. The van der Waals surface area contributed by atoms with E-state index in [1.807, 2.05) is 24.3 Å². The summed E-state index contributed by atoms with van der Waals surface area (Å²) in [7, 11) is 0. The van der Waals surface area contributed by atoms with Crippen LogP contribution in [0.15, 0.2) is 72.8 Å². The lowest BCUT2D eigenvalue weighted by atomic mass is 9.89. The minimum absolute atomic E-state index is 0.0482. The highest BCUT2D eigenvalue weighted by molar-refractivity contribution is 6.30. The van der Waals surface area contributed by atoms with Crippen LogP contribution in [0.25, 0.3) is 11.0 Å². The van der Waals surface area contributed by atoms with Gasteiger partial charge in [0, 0.05) is 30.6 Å². The van der Waals surface area contributed by atoms with Crippen molar-refractivity contribution >= 4 is 28.5 Å². The Morgan fingerprint density at radius 2 is 1.76 bits per heavy atom. The van der Waals surface area contributed by atoms with Crippen molar-refractivity contribution in [1.29, 1.82) is 0 Å². The Hall–Kier alpha value is -3.31. The molecule has 1 aliphatic rings. The van der Waals surface area contributed by atoms with E-state index in [1.54, 1.807) is 0 Å². The average molecular weight is 530 g/mol. The Kier molecular flexibility index (Phi) is 8.33. The number of rotatable bonds is 9. The molecule has 0 radical (unpaired) electrons. The third-order valence-electron chi connectivity index (χ3n) is 7.74. The number of hydrogen-bond acceptors (Lipinski definition) is 3. The molecule has 1 saturated heterocycles. The lowest BCUT2D eigenvalue weighted by Gasteiger charge is -2.33. The van der Waals surface area contributed by atoms with Gasteiger partial charge in [0.2, 0.25) is 5.91 Å². The van der Waals surface area contributed by atoms with E-state index in [4.69, 9.17) is 21.3 Å². The topological polar surface area (TPSA) is 47.4 Å². The number of para-hydroxylation sites is 1. The van der Waals surface area contributed by atoms with E-state index in [-0.39, 0.29) is 11.8 Å². The largest absolute Gasteiger partial charge is 0.486 e. The second-order valence-electron chi connectivity index (χ2n) is 10.5. The summed E-state index contributed by atoms with van der Waals surface area (Å²) in [6.07, 6.45) is 4.01. The van der Waals surface area contributed by atoms with Gasteiger partial charge in [-0.05, 0) is 80.0 Å². The predicted molar refractivity (Wildman–Crippen MR) is 153 cm³/mol. The maximum absolute atomic E-state index is 13.3. The van der Waals surface area contributed by atoms with E-state index in [1.165, 1.54) is 5.56 Å². The quantitative estimate of drug-likeness (QED) is 0.232.